The molecule has 0 bridgehead atoms. The molecular formula is C44H40N12O4. The quantitative estimate of drug-likeness (QED) is 0.154. The third kappa shape index (κ3) is 7.23. The molecule has 0 atom stereocenters. The molecule has 4 aromatic heterocycles. The molecule has 4 heterocycles. The molecule has 0 unspecified atom stereocenters. The molecule has 0 radical (unpaired) electrons. The number of amides is 2. The van der Waals surface area contributed by atoms with Gasteiger partial charge in [0.15, 0.2) is 11.6 Å². The van der Waals surface area contributed by atoms with Crippen molar-refractivity contribution in [3.8, 4) is 34.0 Å². The Morgan fingerprint density at radius 2 is 1.03 bits per heavy atom. The Labute approximate surface area is 344 Å². The zero-order valence-electron chi connectivity index (χ0n) is 33.3. The van der Waals surface area contributed by atoms with Crippen molar-refractivity contribution in [2.24, 2.45) is 0 Å². The van der Waals surface area contributed by atoms with Gasteiger partial charge in [-0.3, -0.25) is 9.59 Å². The van der Waals surface area contributed by atoms with Gasteiger partial charge in [-0.15, -0.1) is 20.4 Å². The van der Waals surface area contributed by atoms with Crippen molar-refractivity contribution < 1.29 is 19.1 Å². The van der Waals surface area contributed by atoms with Crippen molar-refractivity contribution in [1.29, 1.82) is 0 Å². The summed E-state index contributed by atoms with van der Waals surface area (Å²) < 4.78 is 14.0. The van der Waals surface area contributed by atoms with Gasteiger partial charge in [-0.05, 0) is 85.3 Å². The number of hydrogen-bond donors (Lipinski definition) is 2. The van der Waals surface area contributed by atoms with Crippen molar-refractivity contribution >= 4 is 34.7 Å². The van der Waals surface area contributed by atoms with E-state index in [2.05, 4.69) is 70.4 Å². The summed E-state index contributed by atoms with van der Waals surface area (Å²) in [6.45, 7) is 2.96. The van der Waals surface area contributed by atoms with E-state index < -0.39 is 0 Å². The van der Waals surface area contributed by atoms with E-state index in [0.717, 1.165) is 71.3 Å². The number of fused-ring (bicyclic) bond motifs is 2. The summed E-state index contributed by atoms with van der Waals surface area (Å²) in [6, 6.07) is 31.1. The van der Waals surface area contributed by atoms with E-state index in [0.29, 0.717) is 22.9 Å². The number of carbonyl (C=O) groups excluding carboxylic acids is 2. The molecule has 4 aromatic carbocycles. The van der Waals surface area contributed by atoms with Crippen molar-refractivity contribution in [3.63, 3.8) is 0 Å². The fraction of sp³-hybridized carbons (Fsp3) is 0.227. The number of carbonyl (C=O) groups is 2. The van der Waals surface area contributed by atoms with Crippen LogP contribution in [0.3, 0.4) is 0 Å². The molecule has 2 aliphatic carbocycles. The number of nitrogens with zero attached hydrogens (tertiary/aromatic N) is 10. The molecule has 8 aromatic rings. The summed E-state index contributed by atoms with van der Waals surface area (Å²) in [4.78, 5) is 31.5. The van der Waals surface area contributed by atoms with Crippen molar-refractivity contribution in [2.45, 2.75) is 50.4 Å². The first-order chi connectivity index (χ1) is 29.2. The molecule has 2 N–H and O–H groups in total. The van der Waals surface area contributed by atoms with Crippen LogP contribution in [0.15, 0.2) is 109 Å². The van der Waals surface area contributed by atoms with Crippen LogP contribution in [0, 0.1) is 0 Å². The number of rotatable bonds is 10. The molecule has 10 rings (SSSR count). The van der Waals surface area contributed by atoms with Crippen molar-refractivity contribution in [3.05, 3.63) is 132 Å². The average Bonchev–Trinajstić information content (AvgIpc) is 4.18. The Hall–Kier alpha value is -7.62. The second kappa shape index (κ2) is 15.3. The Bertz CT molecular complexity index is 2850. The monoisotopic (exact) mass is 800 g/mol. The van der Waals surface area contributed by atoms with Gasteiger partial charge in [-0.2, -0.15) is 19.2 Å². The maximum absolute atomic E-state index is 11.2. The topological polar surface area (TPSA) is 189 Å². The van der Waals surface area contributed by atoms with Crippen LogP contribution in [0.1, 0.15) is 62.3 Å². The average molecular weight is 801 g/mol. The van der Waals surface area contributed by atoms with E-state index >= 15 is 0 Å². The van der Waals surface area contributed by atoms with Gasteiger partial charge in [0.25, 0.3) is 11.6 Å². The fourth-order valence-electron chi connectivity index (χ4n) is 7.47. The van der Waals surface area contributed by atoms with Crippen LogP contribution in [-0.2, 0) is 20.4 Å². The van der Waals surface area contributed by atoms with Gasteiger partial charge in [0, 0.05) is 36.3 Å². The SMILES string of the molecule is COc1ccc(C2(c3nnc4nc(-c5ccc(NC(C)=O)cc5)cnn34)CC2)cc1.COc1ccc(C2(c3nnc4ncc(-c5ccc(NC(C)=O)cc5)nn34)CC2)cc1. The van der Waals surface area contributed by atoms with E-state index in [-0.39, 0.29) is 22.6 Å². The number of aromatic nitrogens is 10. The second-order valence-electron chi connectivity index (χ2n) is 14.9. The molecule has 2 saturated carbocycles. The highest BCUT2D eigenvalue weighted by Crippen LogP contribution is 2.53. The minimum absolute atomic E-state index is 0.105. The predicted octanol–water partition coefficient (Wildman–Crippen LogP) is 6.47. The highest BCUT2D eigenvalue weighted by Gasteiger charge is 2.51. The maximum Gasteiger partial charge on any atom is 0.272 e. The van der Waals surface area contributed by atoms with Crippen molar-refractivity contribution in [1.82, 2.24) is 49.6 Å². The van der Waals surface area contributed by atoms with E-state index in [4.69, 9.17) is 14.6 Å². The van der Waals surface area contributed by atoms with Gasteiger partial charge in [-0.1, -0.05) is 48.5 Å². The smallest absolute Gasteiger partial charge is 0.272 e. The normalized spacial score (nSPS) is 14.5. The number of methoxy groups -OCH3 is 2. The van der Waals surface area contributed by atoms with E-state index in [9.17, 15) is 9.59 Å². The molecule has 2 aliphatic rings. The maximum atomic E-state index is 11.2. The Morgan fingerprint density at radius 3 is 1.50 bits per heavy atom. The number of anilines is 2. The number of ether oxygens (including phenoxy) is 2. The van der Waals surface area contributed by atoms with Crippen LogP contribution in [0.5, 0.6) is 11.5 Å². The van der Waals surface area contributed by atoms with Crippen LogP contribution in [0.25, 0.3) is 34.1 Å². The van der Waals surface area contributed by atoms with Crippen LogP contribution < -0.4 is 20.1 Å². The number of nitrogens with one attached hydrogen (secondary N) is 2. The van der Waals surface area contributed by atoms with Crippen molar-refractivity contribution in [2.75, 3.05) is 24.9 Å². The molecule has 16 heteroatoms. The zero-order chi connectivity index (χ0) is 41.4. The third-order valence-electron chi connectivity index (χ3n) is 10.9. The Morgan fingerprint density at radius 1 is 0.567 bits per heavy atom. The highest BCUT2D eigenvalue weighted by atomic mass is 16.5. The highest BCUT2D eigenvalue weighted by molar-refractivity contribution is 5.89. The van der Waals surface area contributed by atoms with E-state index in [1.54, 1.807) is 35.6 Å². The summed E-state index contributed by atoms with van der Waals surface area (Å²) in [5, 5.41) is 32.3. The lowest BCUT2D eigenvalue weighted by atomic mass is 9.95. The first kappa shape index (κ1) is 37.9. The summed E-state index contributed by atoms with van der Waals surface area (Å²) >= 11 is 0. The molecule has 300 valence electrons. The Kier molecular flexibility index (Phi) is 9.66. The lowest BCUT2D eigenvalue weighted by Crippen LogP contribution is -2.15. The van der Waals surface area contributed by atoms with Gasteiger partial charge in [-0.25, -0.2) is 9.97 Å². The van der Waals surface area contributed by atoms with Gasteiger partial charge < -0.3 is 20.1 Å². The minimum Gasteiger partial charge on any atom is -0.497 e. The van der Waals surface area contributed by atoms with E-state index in [1.807, 2.05) is 72.8 Å². The molecule has 16 nitrogen and oxygen atoms in total. The number of hydrogen-bond acceptors (Lipinski definition) is 12. The first-order valence-corrected chi connectivity index (χ1v) is 19.4. The summed E-state index contributed by atoms with van der Waals surface area (Å²) in [6.07, 6.45) is 7.36. The number of benzene rings is 4. The predicted molar refractivity (Wildman–Crippen MR) is 223 cm³/mol. The summed E-state index contributed by atoms with van der Waals surface area (Å²) in [5.74, 6) is 3.99. The van der Waals surface area contributed by atoms with Crippen LogP contribution in [0.4, 0.5) is 11.4 Å². The zero-order valence-corrected chi connectivity index (χ0v) is 33.3. The Balaban J connectivity index is 0.000000154. The van der Waals surface area contributed by atoms with Crippen LogP contribution in [-0.4, -0.2) is 75.6 Å². The molecule has 2 fully saturated rings. The molecule has 60 heavy (non-hydrogen) atoms. The van der Waals surface area contributed by atoms with E-state index in [1.165, 1.54) is 25.0 Å². The van der Waals surface area contributed by atoms with Gasteiger partial charge in [0.05, 0.1) is 43.1 Å². The van der Waals surface area contributed by atoms with Gasteiger partial charge in [0.1, 0.15) is 17.2 Å². The molecule has 0 aliphatic heterocycles. The first-order valence-electron chi connectivity index (χ1n) is 19.4. The lowest BCUT2D eigenvalue weighted by molar-refractivity contribution is -0.115. The van der Waals surface area contributed by atoms with Crippen LogP contribution >= 0.6 is 0 Å². The third-order valence-corrected chi connectivity index (χ3v) is 10.9. The standard InChI is InChI=1S/2C22H20N6O2/c1-14(29)24-17-7-3-15(4-8-17)19-13-23-28-20(26-27-21(28)25-19)22(11-12-22)16-5-9-18(30-2)10-6-16;1-14(29)24-17-7-3-15(4-8-17)19-13-23-21-26-25-20(28(21)27-19)22(11-12-22)16-5-9-18(30-2)10-6-16/h2*3-10,13H,11-12H2,1-2H3,(H,24,29). The van der Waals surface area contributed by atoms with Gasteiger partial charge in [0.2, 0.25) is 11.8 Å². The largest absolute Gasteiger partial charge is 0.497 e. The van der Waals surface area contributed by atoms with Gasteiger partial charge >= 0.3 is 0 Å². The summed E-state index contributed by atoms with van der Waals surface area (Å²) in [5.41, 5.74) is 6.64. The minimum atomic E-state index is -0.200. The molecule has 0 spiro atoms. The molecule has 0 saturated heterocycles. The lowest BCUT2D eigenvalue weighted by Gasteiger charge is -2.14. The van der Waals surface area contributed by atoms with Crippen LogP contribution in [0.2, 0.25) is 0 Å². The molecular weight excluding hydrogens is 761 g/mol. The molecule has 2 amide bonds. The second-order valence-corrected chi connectivity index (χ2v) is 14.9. The fourth-order valence-corrected chi connectivity index (χ4v) is 7.47. The summed E-state index contributed by atoms with van der Waals surface area (Å²) in [7, 11) is 3.32.